The minimum absolute atomic E-state index is 0.0396. The Labute approximate surface area is 160 Å². The summed E-state index contributed by atoms with van der Waals surface area (Å²) in [5.41, 5.74) is -0.0686. The van der Waals surface area contributed by atoms with E-state index < -0.39 is 0 Å². The zero-order valence-electron chi connectivity index (χ0n) is 16.1. The Bertz CT molecular complexity index is 687. The molecule has 5 aliphatic rings. The molecule has 6 nitrogen and oxygen atoms in total. The van der Waals surface area contributed by atoms with Gasteiger partial charge in [0, 0.05) is 18.9 Å². The third kappa shape index (κ3) is 3.07. The van der Waals surface area contributed by atoms with Gasteiger partial charge in [0.15, 0.2) is 0 Å². The summed E-state index contributed by atoms with van der Waals surface area (Å²) in [6.07, 6.45) is 12.5. The van der Waals surface area contributed by atoms with Crippen LogP contribution in [-0.4, -0.2) is 47.1 Å². The first-order valence-electron chi connectivity index (χ1n) is 10.5. The normalized spacial score (nSPS) is 37.3. The van der Waals surface area contributed by atoms with E-state index in [-0.39, 0.29) is 11.5 Å². The molecule has 0 radical (unpaired) electrons. The van der Waals surface area contributed by atoms with Gasteiger partial charge in [-0.15, -0.1) is 0 Å². The Balaban J connectivity index is 1.29. The zero-order valence-corrected chi connectivity index (χ0v) is 16.1. The Morgan fingerprint density at radius 3 is 2.33 bits per heavy atom. The zero-order chi connectivity index (χ0) is 18.4. The van der Waals surface area contributed by atoms with E-state index in [2.05, 4.69) is 14.9 Å². The molecular weight excluding hydrogens is 342 g/mol. The van der Waals surface area contributed by atoms with E-state index in [1.54, 1.807) is 19.5 Å². The molecule has 146 valence electrons. The molecule has 1 aromatic heterocycles. The van der Waals surface area contributed by atoms with Gasteiger partial charge in [-0.1, -0.05) is 0 Å². The Hall–Kier alpha value is -1.85. The number of rotatable bonds is 4. The van der Waals surface area contributed by atoms with E-state index in [9.17, 15) is 4.79 Å². The first kappa shape index (κ1) is 17.3. The maximum atomic E-state index is 13.6. The van der Waals surface area contributed by atoms with Gasteiger partial charge in [-0.2, -0.15) is 0 Å². The lowest BCUT2D eigenvalue weighted by atomic mass is 9.49. The van der Waals surface area contributed by atoms with E-state index in [1.807, 2.05) is 0 Å². The standard InChI is InChI=1S/C21H29N3O3/c1-26-18-19(23-5-4-22-18)27-17-3-2-6-24(13-17)20(25)21-10-14-7-15(11-21)9-16(8-14)12-21/h4-5,14-17H,2-3,6-13H2,1H3. The van der Waals surface area contributed by atoms with Crippen molar-refractivity contribution in [2.45, 2.75) is 57.5 Å². The lowest BCUT2D eigenvalue weighted by molar-refractivity contribution is -0.160. The van der Waals surface area contributed by atoms with Crippen LogP contribution in [0.15, 0.2) is 12.4 Å². The molecule has 2 heterocycles. The Kier molecular flexibility index (Phi) is 4.25. The van der Waals surface area contributed by atoms with Crippen LogP contribution < -0.4 is 9.47 Å². The molecule has 1 aliphatic heterocycles. The van der Waals surface area contributed by atoms with Crippen LogP contribution in [0, 0.1) is 23.2 Å². The highest BCUT2D eigenvalue weighted by Gasteiger charge is 2.55. The van der Waals surface area contributed by atoms with Crippen LogP contribution in [0.4, 0.5) is 0 Å². The second-order valence-corrected chi connectivity index (χ2v) is 9.20. The molecule has 1 aromatic rings. The van der Waals surface area contributed by atoms with Gasteiger partial charge >= 0.3 is 0 Å². The van der Waals surface area contributed by atoms with Crippen LogP contribution in [0.25, 0.3) is 0 Å². The molecule has 4 saturated carbocycles. The van der Waals surface area contributed by atoms with E-state index in [4.69, 9.17) is 9.47 Å². The average Bonchev–Trinajstić information content (AvgIpc) is 2.67. The summed E-state index contributed by atoms with van der Waals surface area (Å²) in [4.78, 5) is 24.1. The van der Waals surface area contributed by atoms with Gasteiger partial charge in [-0.05, 0) is 69.1 Å². The van der Waals surface area contributed by atoms with Gasteiger partial charge in [0.05, 0.1) is 19.1 Å². The number of aromatic nitrogens is 2. The number of piperidine rings is 1. The smallest absolute Gasteiger partial charge is 0.278 e. The predicted octanol–water partition coefficient (Wildman–Crippen LogP) is 3.07. The maximum Gasteiger partial charge on any atom is 0.278 e. The fraction of sp³-hybridized carbons (Fsp3) is 0.762. The predicted molar refractivity (Wildman–Crippen MR) is 99.4 cm³/mol. The number of ether oxygens (including phenoxy) is 2. The van der Waals surface area contributed by atoms with Crippen LogP contribution in [0.1, 0.15) is 51.4 Å². The van der Waals surface area contributed by atoms with Crippen LogP contribution in [0.5, 0.6) is 11.8 Å². The fourth-order valence-electron chi connectivity index (χ4n) is 6.62. The number of nitrogens with zero attached hydrogens (tertiary/aromatic N) is 3. The molecule has 27 heavy (non-hydrogen) atoms. The molecule has 6 rings (SSSR count). The van der Waals surface area contributed by atoms with E-state index >= 15 is 0 Å². The lowest BCUT2D eigenvalue weighted by Gasteiger charge is -2.57. The molecule has 6 heteroatoms. The number of carbonyl (C=O) groups is 1. The minimum Gasteiger partial charge on any atom is -0.477 e. The number of methoxy groups -OCH3 is 1. The van der Waals surface area contributed by atoms with Gasteiger partial charge in [0.1, 0.15) is 6.10 Å². The van der Waals surface area contributed by atoms with E-state index in [0.717, 1.165) is 56.4 Å². The summed E-state index contributed by atoms with van der Waals surface area (Å²) < 4.78 is 11.3. The Morgan fingerprint density at radius 1 is 1.07 bits per heavy atom. The van der Waals surface area contributed by atoms with Crippen LogP contribution in [-0.2, 0) is 4.79 Å². The summed E-state index contributed by atoms with van der Waals surface area (Å²) in [6.45, 7) is 1.51. The van der Waals surface area contributed by atoms with Crippen molar-refractivity contribution < 1.29 is 14.3 Å². The van der Waals surface area contributed by atoms with Crippen molar-refractivity contribution in [3.8, 4) is 11.8 Å². The lowest BCUT2D eigenvalue weighted by Crippen LogP contribution is -2.57. The van der Waals surface area contributed by atoms with E-state index in [1.165, 1.54) is 19.3 Å². The van der Waals surface area contributed by atoms with Crippen molar-refractivity contribution in [3.63, 3.8) is 0 Å². The van der Waals surface area contributed by atoms with Crippen molar-refractivity contribution in [1.29, 1.82) is 0 Å². The molecule has 1 atom stereocenters. The molecule has 1 saturated heterocycles. The fourth-order valence-corrected chi connectivity index (χ4v) is 6.62. The second-order valence-electron chi connectivity index (χ2n) is 9.20. The highest BCUT2D eigenvalue weighted by molar-refractivity contribution is 5.83. The number of hydrogen-bond acceptors (Lipinski definition) is 5. The van der Waals surface area contributed by atoms with Crippen molar-refractivity contribution in [2.24, 2.45) is 23.2 Å². The summed E-state index contributed by atoms with van der Waals surface area (Å²) in [5, 5.41) is 0. The minimum atomic E-state index is -0.0686. The summed E-state index contributed by atoms with van der Waals surface area (Å²) in [7, 11) is 1.57. The van der Waals surface area contributed by atoms with Crippen LogP contribution >= 0.6 is 0 Å². The summed E-state index contributed by atoms with van der Waals surface area (Å²) in [5.74, 6) is 3.61. The number of likely N-dealkylation sites (tertiary alicyclic amines) is 1. The van der Waals surface area contributed by atoms with Crippen LogP contribution in [0.2, 0.25) is 0 Å². The quantitative estimate of drug-likeness (QED) is 0.814. The van der Waals surface area contributed by atoms with Gasteiger partial charge in [0.25, 0.3) is 11.8 Å². The molecule has 5 fully saturated rings. The van der Waals surface area contributed by atoms with Crippen molar-refractivity contribution in [1.82, 2.24) is 14.9 Å². The molecule has 1 amide bonds. The third-order valence-corrected chi connectivity index (χ3v) is 7.26. The van der Waals surface area contributed by atoms with Crippen molar-refractivity contribution >= 4 is 5.91 Å². The summed E-state index contributed by atoms with van der Waals surface area (Å²) in [6, 6.07) is 0. The second kappa shape index (κ2) is 6.64. The Morgan fingerprint density at radius 2 is 1.70 bits per heavy atom. The molecule has 0 spiro atoms. The number of carbonyl (C=O) groups excluding carboxylic acids is 1. The topological polar surface area (TPSA) is 64.6 Å². The molecule has 0 N–H and O–H groups in total. The van der Waals surface area contributed by atoms with Gasteiger partial charge in [-0.3, -0.25) is 4.79 Å². The molecule has 4 bridgehead atoms. The largest absolute Gasteiger partial charge is 0.477 e. The molecule has 1 unspecified atom stereocenters. The van der Waals surface area contributed by atoms with Gasteiger partial charge < -0.3 is 14.4 Å². The van der Waals surface area contributed by atoms with Crippen molar-refractivity contribution in [3.05, 3.63) is 12.4 Å². The van der Waals surface area contributed by atoms with Crippen LogP contribution in [0.3, 0.4) is 0 Å². The summed E-state index contributed by atoms with van der Waals surface area (Å²) >= 11 is 0. The van der Waals surface area contributed by atoms with E-state index in [0.29, 0.717) is 24.2 Å². The van der Waals surface area contributed by atoms with Gasteiger partial charge in [-0.25, -0.2) is 9.97 Å². The first-order chi connectivity index (χ1) is 13.1. The van der Waals surface area contributed by atoms with Gasteiger partial charge in [0.2, 0.25) is 5.91 Å². The molecule has 4 aliphatic carbocycles. The monoisotopic (exact) mass is 371 g/mol. The highest BCUT2D eigenvalue weighted by Crippen LogP contribution is 2.60. The number of amides is 1. The third-order valence-electron chi connectivity index (χ3n) is 7.26. The highest BCUT2D eigenvalue weighted by atomic mass is 16.5. The SMILES string of the molecule is COc1nccnc1OC1CCCN(C(=O)C23CC4CC(CC(C4)C2)C3)C1. The first-order valence-corrected chi connectivity index (χ1v) is 10.5. The van der Waals surface area contributed by atoms with Crippen molar-refractivity contribution in [2.75, 3.05) is 20.2 Å². The number of hydrogen-bond donors (Lipinski definition) is 0. The molecule has 0 aromatic carbocycles. The average molecular weight is 371 g/mol. The maximum absolute atomic E-state index is 13.6. The molecular formula is C21H29N3O3.